The highest BCUT2D eigenvalue weighted by Gasteiger charge is 2.39. The highest BCUT2D eigenvalue weighted by atomic mass is 19.3. The molecule has 1 aliphatic rings. The van der Waals surface area contributed by atoms with Crippen molar-refractivity contribution >= 4 is 5.91 Å². The fourth-order valence-corrected chi connectivity index (χ4v) is 2.76. The summed E-state index contributed by atoms with van der Waals surface area (Å²) in [6, 6.07) is 5.96. The summed E-state index contributed by atoms with van der Waals surface area (Å²) in [6.07, 6.45) is 1.11. The number of nitrogens with one attached hydrogen (secondary N) is 1. The van der Waals surface area contributed by atoms with Gasteiger partial charge in [0.15, 0.2) is 0 Å². The molecule has 23 heavy (non-hydrogen) atoms. The molecule has 0 bridgehead atoms. The summed E-state index contributed by atoms with van der Waals surface area (Å²) in [5.74, 6) is -0.119. The summed E-state index contributed by atoms with van der Waals surface area (Å²) in [7, 11) is 0. The van der Waals surface area contributed by atoms with Crippen molar-refractivity contribution in [1.82, 2.24) is 5.32 Å². The largest absolute Gasteiger partial charge is 0.434 e. The van der Waals surface area contributed by atoms with Crippen LogP contribution in [0, 0.1) is 5.41 Å². The molecule has 1 atom stereocenters. The van der Waals surface area contributed by atoms with Gasteiger partial charge in [-0.15, -0.1) is 0 Å². The Hall–Kier alpha value is -1.73. The van der Waals surface area contributed by atoms with Gasteiger partial charge < -0.3 is 20.5 Å². The number of carbonyl (C=O) groups is 1. The van der Waals surface area contributed by atoms with E-state index in [1.165, 1.54) is 6.07 Å². The van der Waals surface area contributed by atoms with Crippen molar-refractivity contribution < 1.29 is 23.0 Å². The second kappa shape index (κ2) is 7.70. The molecule has 7 heteroatoms. The number of amides is 1. The van der Waals surface area contributed by atoms with Gasteiger partial charge in [0.25, 0.3) is 0 Å². The molecule has 1 aliphatic heterocycles. The molecule has 0 saturated carbocycles. The molecule has 1 aromatic rings. The Labute approximate surface area is 134 Å². The van der Waals surface area contributed by atoms with Crippen LogP contribution in [-0.2, 0) is 9.53 Å². The maximum atomic E-state index is 12.6. The first kappa shape index (κ1) is 17.6. The molecule has 1 unspecified atom stereocenters. The van der Waals surface area contributed by atoms with Gasteiger partial charge in [0.2, 0.25) is 5.91 Å². The first-order chi connectivity index (χ1) is 11.0. The molecule has 0 aromatic heterocycles. The van der Waals surface area contributed by atoms with Gasteiger partial charge in [-0.25, -0.2) is 0 Å². The zero-order chi connectivity index (χ0) is 16.9. The van der Waals surface area contributed by atoms with E-state index >= 15 is 0 Å². The zero-order valence-corrected chi connectivity index (χ0v) is 13.1. The van der Waals surface area contributed by atoms with E-state index in [0.29, 0.717) is 31.6 Å². The number of ether oxygens (including phenoxy) is 2. The van der Waals surface area contributed by atoms with E-state index < -0.39 is 18.1 Å². The Morgan fingerprint density at radius 1 is 1.39 bits per heavy atom. The SMILES string of the molecule is CC(NC(=O)C1(CN)CCOCC1)c1ccccc1OC(F)F. The summed E-state index contributed by atoms with van der Waals surface area (Å²) in [6.45, 7) is 0.0258. The minimum atomic E-state index is -2.91. The van der Waals surface area contributed by atoms with Gasteiger partial charge in [-0.2, -0.15) is 8.78 Å². The fourth-order valence-electron chi connectivity index (χ4n) is 2.76. The molecular formula is C16H22F2N2O3. The van der Waals surface area contributed by atoms with E-state index in [-0.39, 0.29) is 18.2 Å². The Kier molecular flexibility index (Phi) is 5.90. The Bertz CT molecular complexity index is 534. The van der Waals surface area contributed by atoms with Gasteiger partial charge in [0, 0.05) is 25.3 Å². The maximum absolute atomic E-state index is 12.6. The van der Waals surface area contributed by atoms with Crippen molar-refractivity contribution in [2.75, 3.05) is 19.8 Å². The second-order valence-corrected chi connectivity index (χ2v) is 5.71. The van der Waals surface area contributed by atoms with Crippen LogP contribution in [0.2, 0.25) is 0 Å². The highest BCUT2D eigenvalue weighted by Crippen LogP contribution is 2.32. The molecule has 2 rings (SSSR count). The van der Waals surface area contributed by atoms with Crippen LogP contribution in [0.4, 0.5) is 8.78 Å². The molecule has 0 radical (unpaired) electrons. The van der Waals surface area contributed by atoms with Crippen LogP contribution in [-0.4, -0.2) is 32.3 Å². The van der Waals surface area contributed by atoms with Crippen LogP contribution in [0.3, 0.4) is 0 Å². The van der Waals surface area contributed by atoms with Crippen molar-refractivity contribution in [3.05, 3.63) is 29.8 Å². The highest BCUT2D eigenvalue weighted by molar-refractivity contribution is 5.83. The number of benzene rings is 1. The third-order valence-electron chi connectivity index (χ3n) is 4.27. The maximum Gasteiger partial charge on any atom is 0.387 e. The van der Waals surface area contributed by atoms with E-state index in [2.05, 4.69) is 10.1 Å². The molecule has 1 fully saturated rings. The predicted octanol–water partition coefficient (Wildman–Crippen LogP) is 2.22. The van der Waals surface area contributed by atoms with Crippen LogP contribution in [0.1, 0.15) is 31.4 Å². The number of nitrogens with two attached hydrogens (primary N) is 1. The van der Waals surface area contributed by atoms with Gasteiger partial charge in [0.1, 0.15) is 5.75 Å². The van der Waals surface area contributed by atoms with E-state index in [0.717, 1.165) is 0 Å². The standard InChI is InChI=1S/C16H22F2N2O3/c1-11(12-4-2-3-5-13(12)23-15(17)18)20-14(21)16(10-19)6-8-22-9-7-16/h2-5,11,15H,6-10,19H2,1H3,(H,20,21). The number of hydrogen-bond acceptors (Lipinski definition) is 4. The summed E-state index contributed by atoms with van der Waals surface area (Å²) in [5, 5.41) is 2.87. The minimum Gasteiger partial charge on any atom is -0.434 e. The van der Waals surface area contributed by atoms with Crippen LogP contribution in [0.5, 0.6) is 5.75 Å². The zero-order valence-electron chi connectivity index (χ0n) is 13.1. The molecule has 0 aliphatic carbocycles. The van der Waals surface area contributed by atoms with Crippen molar-refractivity contribution in [2.24, 2.45) is 11.1 Å². The smallest absolute Gasteiger partial charge is 0.387 e. The Balaban J connectivity index is 2.12. The second-order valence-electron chi connectivity index (χ2n) is 5.71. The van der Waals surface area contributed by atoms with Crippen LogP contribution < -0.4 is 15.8 Å². The van der Waals surface area contributed by atoms with E-state index in [9.17, 15) is 13.6 Å². The van der Waals surface area contributed by atoms with E-state index in [1.54, 1.807) is 25.1 Å². The summed E-state index contributed by atoms with van der Waals surface area (Å²) in [5.41, 5.74) is 5.65. The average molecular weight is 328 g/mol. The van der Waals surface area contributed by atoms with Crippen LogP contribution >= 0.6 is 0 Å². The summed E-state index contributed by atoms with van der Waals surface area (Å²) in [4.78, 5) is 12.6. The molecule has 1 aromatic carbocycles. The number of para-hydroxylation sites is 1. The minimum absolute atomic E-state index is 0.0593. The molecule has 5 nitrogen and oxygen atoms in total. The lowest BCUT2D eigenvalue weighted by Crippen LogP contribution is -2.49. The fraction of sp³-hybridized carbons (Fsp3) is 0.562. The van der Waals surface area contributed by atoms with Crippen molar-refractivity contribution in [3.63, 3.8) is 0 Å². The third kappa shape index (κ3) is 4.17. The monoisotopic (exact) mass is 328 g/mol. The van der Waals surface area contributed by atoms with Gasteiger partial charge in [-0.1, -0.05) is 18.2 Å². The van der Waals surface area contributed by atoms with Gasteiger partial charge in [-0.3, -0.25) is 4.79 Å². The first-order valence-corrected chi connectivity index (χ1v) is 7.61. The lowest BCUT2D eigenvalue weighted by atomic mass is 9.79. The quantitative estimate of drug-likeness (QED) is 0.840. The van der Waals surface area contributed by atoms with Crippen LogP contribution in [0.25, 0.3) is 0 Å². The van der Waals surface area contributed by atoms with Gasteiger partial charge in [0.05, 0.1) is 11.5 Å². The number of rotatable bonds is 6. The molecule has 1 heterocycles. The molecule has 1 amide bonds. The topological polar surface area (TPSA) is 73.6 Å². The summed E-state index contributed by atoms with van der Waals surface area (Å²) >= 11 is 0. The Morgan fingerprint density at radius 3 is 2.65 bits per heavy atom. The van der Waals surface area contributed by atoms with Crippen molar-refractivity contribution in [2.45, 2.75) is 32.4 Å². The van der Waals surface area contributed by atoms with Gasteiger partial charge >= 0.3 is 6.61 Å². The van der Waals surface area contributed by atoms with Crippen LogP contribution in [0.15, 0.2) is 24.3 Å². The number of alkyl halides is 2. The summed E-state index contributed by atoms with van der Waals surface area (Å²) < 4.78 is 34.8. The number of hydrogen-bond donors (Lipinski definition) is 2. The Morgan fingerprint density at radius 2 is 2.04 bits per heavy atom. The normalized spacial score (nSPS) is 18.5. The van der Waals surface area contributed by atoms with Crippen molar-refractivity contribution in [3.8, 4) is 5.75 Å². The molecule has 0 spiro atoms. The van der Waals surface area contributed by atoms with E-state index in [4.69, 9.17) is 10.5 Å². The van der Waals surface area contributed by atoms with E-state index in [1.807, 2.05) is 0 Å². The number of halogens is 2. The molecule has 128 valence electrons. The molecule has 3 N–H and O–H groups in total. The lowest BCUT2D eigenvalue weighted by molar-refractivity contribution is -0.136. The van der Waals surface area contributed by atoms with Gasteiger partial charge in [-0.05, 0) is 25.8 Å². The third-order valence-corrected chi connectivity index (χ3v) is 4.27. The lowest BCUT2D eigenvalue weighted by Gasteiger charge is -2.35. The first-order valence-electron chi connectivity index (χ1n) is 7.61. The average Bonchev–Trinajstić information content (AvgIpc) is 2.55. The number of carbonyl (C=O) groups excluding carboxylic acids is 1. The predicted molar refractivity (Wildman–Crippen MR) is 81.2 cm³/mol. The molecular weight excluding hydrogens is 306 g/mol. The molecule has 1 saturated heterocycles. The van der Waals surface area contributed by atoms with Crippen molar-refractivity contribution in [1.29, 1.82) is 0 Å².